The van der Waals surface area contributed by atoms with Gasteiger partial charge in [0.2, 0.25) is 0 Å². The zero-order chi connectivity index (χ0) is 12.9. The number of hydrogen-bond acceptors (Lipinski definition) is 1. The molecule has 0 saturated carbocycles. The summed E-state index contributed by atoms with van der Waals surface area (Å²) >= 11 is 0. The summed E-state index contributed by atoms with van der Waals surface area (Å²) in [5.74, 6) is -0.714. The zero-order valence-electron chi connectivity index (χ0n) is 11.0. The van der Waals surface area contributed by atoms with Crippen LogP contribution >= 0.6 is 0 Å². The molecule has 2 heteroatoms. The average molecular weight is 234 g/mol. The molecule has 0 aromatic heterocycles. The average Bonchev–Trinajstić information content (AvgIpc) is 2.29. The molecule has 0 amide bonds. The van der Waals surface area contributed by atoms with E-state index in [1.165, 1.54) is 11.1 Å². The third-order valence-corrected chi connectivity index (χ3v) is 3.48. The fraction of sp³-hybridized carbons (Fsp3) is 0.533. The minimum atomic E-state index is -0.714. The smallest absolute Gasteiger partial charge is 0.303 e. The molecule has 0 unspecified atom stereocenters. The molecule has 0 aliphatic heterocycles. The summed E-state index contributed by atoms with van der Waals surface area (Å²) in [5, 5.41) is 8.57. The monoisotopic (exact) mass is 234 g/mol. The highest BCUT2D eigenvalue weighted by Crippen LogP contribution is 2.26. The first kappa shape index (κ1) is 13.8. The number of carbonyl (C=O) groups is 1. The minimum Gasteiger partial charge on any atom is -0.481 e. The number of hydrogen-bond donors (Lipinski definition) is 1. The van der Waals surface area contributed by atoms with Crippen molar-refractivity contribution in [1.82, 2.24) is 0 Å². The van der Waals surface area contributed by atoms with Crippen molar-refractivity contribution in [2.75, 3.05) is 0 Å². The third-order valence-electron chi connectivity index (χ3n) is 3.48. The first-order valence-corrected chi connectivity index (χ1v) is 6.27. The molecule has 0 heterocycles. The van der Waals surface area contributed by atoms with E-state index in [0.29, 0.717) is 6.42 Å². The van der Waals surface area contributed by atoms with Crippen LogP contribution in [0.5, 0.6) is 0 Å². The molecule has 0 saturated heterocycles. The van der Waals surface area contributed by atoms with Crippen molar-refractivity contribution in [1.29, 1.82) is 0 Å². The quantitative estimate of drug-likeness (QED) is 0.813. The maximum atomic E-state index is 10.4. The van der Waals surface area contributed by atoms with Gasteiger partial charge in [0.25, 0.3) is 0 Å². The SMILES string of the molecule is CCC(C)(C)c1ccc(CCCC(=O)O)cc1. The molecule has 1 aromatic carbocycles. The van der Waals surface area contributed by atoms with Crippen molar-refractivity contribution in [3.63, 3.8) is 0 Å². The molecule has 2 nitrogen and oxygen atoms in total. The molecule has 94 valence electrons. The van der Waals surface area contributed by atoms with Crippen molar-refractivity contribution in [2.24, 2.45) is 0 Å². The highest BCUT2D eigenvalue weighted by molar-refractivity contribution is 5.66. The van der Waals surface area contributed by atoms with Gasteiger partial charge in [-0.2, -0.15) is 0 Å². The maximum Gasteiger partial charge on any atom is 0.303 e. The number of rotatable bonds is 6. The Morgan fingerprint density at radius 1 is 1.24 bits per heavy atom. The highest BCUT2D eigenvalue weighted by atomic mass is 16.4. The van der Waals surface area contributed by atoms with E-state index in [2.05, 4.69) is 45.0 Å². The fourth-order valence-electron chi connectivity index (χ4n) is 1.77. The summed E-state index contributed by atoms with van der Waals surface area (Å²) < 4.78 is 0. The summed E-state index contributed by atoms with van der Waals surface area (Å²) in [7, 11) is 0. The molecule has 0 fully saturated rings. The minimum absolute atomic E-state index is 0.222. The Hall–Kier alpha value is -1.31. The van der Waals surface area contributed by atoms with Crippen LogP contribution in [0.4, 0.5) is 0 Å². The van der Waals surface area contributed by atoms with E-state index < -0.39 is 5.97 Å². The Morgan fingerprint density at radius 3 is 2.29 bits per heavy atom. The Labute approximate surface area is 104 Å². The van der Waals surface area contributed by atoms with E-state index in [-0.39, 0.29) is 11.8 Å². The Bertz CT molecular complexity index is 363. The fourth-order valence-corrected chi connectivity index (χ4v) is 1.77. The lowest BCUT2D eigenvalue weighted by Gasteiger charge is -2.23. The van der Waals surface area contributed by atoms with E-state index in [4.69, 9.17) is 5.11 Å². The van der Waals surface area contributed by atoms with Gasteiger partial charge in [-0.25, -0.2) is 0 Å². The standard InChI is InChI=1S/C15H22O2/c1-4-15(2,3)13-10-8-12(9-11-13)6-5-7-14(16)17/h8-11H,4-7H2,1-3H3,(H,16,17). The molecule has 17 heavy (non-hydrogen) atoms. The normalized spacial score (nSPS) is 11.5. The largest absolute Gasteiger partial charge is 0.481 e. The van der Waals surface area contributed by atoms with Crippen LogP contribution in [0.1, 0.15) is 51.2 Å². The molecule has 0 spiro atoms. The van der Waals surface area contributed by atoms with Gasteiger partial charge in [-0.3, -0.25) is 4.79 Å². The molecule has 0 aliphatic carbocycles. The van der Waals surface area contributed by atoms with Crippen LogP contribution in [0.3, 0.4) is 0 Å². The van der Waals surface area contributed by atoms with Crippen molar-refractivity contribution in [2.45, 2.75) is 51.9 Å². The van der Waals surface area contributed by atoms with Gasteiger partial charge in [-0.05, 0) is 35.8 Å². The van der Waals surface area contributed by atoms with Crippen molar-refractivity contribution < 1.29 is 9.90 Å². The van der Waals surface area contributed by atoms with Crippen LogP contribution in [0, 0.1) is 0 Å². The summed E-state index contributed by atoms with van der Waals surface area (Å²) in [6, 6.07) is 8.57. The Kier molecular flexibility index (Phi) is 4.73. The van der Waals surface area contributed by atoms with Gasteiger partial charge in [-0.15, -0.1) is 0 Å². The van der Waals surface area contributed by atoms with Crippen molar-refractivity contribution in [3.05, 3.63) is 35.4 Å². The molecule has 1 aromatic rings. The lowest BCUT2D eigenvalue weighted by molar-refractivity contribution is -0.137. The van der Waals surface area contributed by atoms with Crippen molar-refractivity contribution >= 4 is 5.97 Å². The van der Waals surface area contributed by atoms with Crippen LogP contribution in [0.25, 0.3) is 0 Å². The molecule has 0 aliphatic rings. The van der Waals surface area contributed by atoms with Gasteiger partial charge < -0.3 is 5.11 Å². The number of carboxylic acid groups (broad SMARTS) is 1. The van der Waals surface area contributed by atoms with Crippen LogP contribution in [0.2, 0.25) is 0 Å². The van der Waals surface area contributed by atoms with Gasteiger partial charge in [0.1, 0.15) is 0 Å². The van der Waals surface area contributed by atoms with Gasteiger partial charge >= 0.3 is 5.97 Å². The van der Waals surface area contributed by atoms with E-state index in [0.717, 1.165) is 12.8 Å². The molecule has 1 rings (SSSR count). The number of aryl methyl sites for hydroxylation is 1. The van der Waals surface area contributed by atoms with Crippen molar-refractivity contribution in [3.8, 4) is 0 Å². The molecule has 1 N–H and O–H groups in total. The molecule has 0 atom stereocenters. The van der Waals surface area contributed by atoms with E-state index in [9.17, 15) is 4.79 Å². The number of aliphatic carboxylic acids is 1. The highest BCUT2D eigenvalue weighted by Gasteiger charge is 2.17. The molecular formula is C15H22O2. The summed E-state index contributed by atoms with van der Waals surface area (Å²) in [6.07, 6.45) is 2.93. The zero-order valence-corrected chi connectivity index (χ0v) is 11.0. The first-order valence-electron chi connectivity index (χ1n) is 6.27. The van der Waals surface area contributed by atoms with E-state index >= 15 is 0 Å². The predicted octanol–water partition coefficient (Wildman–Crippen LogP) is 3.78. The molecular weight excluding hydrogens is 212 g/mol. The van der Waals surface area contributed by atoms with Crippen LogP contribution in [-0.2, 0) is 16.6 Å². The van der Waals surface area contributed by atoms with E-state index in [1.54, 1.807) is 0 Å². The van der Waals surface area contributed by atoms with Gasteiger partial charge in [-0.1, -0.05) is 45.0 Å². The molecule has 0 radical (unpaired) electrons. The maximum absolute atomic E-state index is 10.4. The molecule has 0 bridgehead atoms. The lowest BCUT2D eigenvalue weighted by atomic mass is 9.82. The number of carboxylic acids is 1. The van der Waals surface area contributed by atoms with Crippen LogP contribution < -0.4 is 0 Å². The second-order valence-corrected chi connectivity index (χ2v) is 5.18. The lowest BCUT2D eigenvalue weighted by Crippen LogP contribution is -2.15. The second-order valence-electron chi connectivity index (χ2n) is 5.18. The first-order chi connectivity index (χ1) is 7.95. The van der Waals surface area contributed by atoms with Crippen LogP contribution in [0.15, 0.2) is 24.3 Å². The third kappa shape index (κ3) is 4.22. The van der Waals surface area contributed by atoms with Gasteiger partial charge in [0.15, 0.2) is 0 Å². The summed E-state index contributed by atoms with van der Waals surface area (Å²) in [4.78, 5) is 10.4. The summed E-state index contributed by atoms with van der Waals surface area (Å²) in [5.41, 5.74) is 2.79. The summed E-state index contributed by atoms with van der Waals surface area (Å²) in [6.45, 7) is 6.68. The Morgan fingerprint density at radius 2 is 1.82 bits per heavy atom. The predicted molar refractivity (Wildman–Crippen MR) is 70.3 cm³/mol. The van der Waals surface area contributed by atoms with Crippen LogP contribution in [-0.4, -0.2) is 11.1 Å². The topological polar surface area (TPSA) is 37.3 Å². The second kappa shape index (κ2) is 5.85. The van der Waals surface area contributed by atoms with Gasteiger partial charge in [0, 0.05) is 6.42 Å². The van der Waals surface area contributed by atoms with E-state index in [1.807, 2.05) is 0 Å². The number of benzene rings is 1. The van der Waals surface area contributed by atoms with Gasteiger partial charge in [0.05, 0.1) is 0 Å². The Balaban J connectivity index is 2.59.